The predicted octanol–water partition coefficient (Wildman–Crippen LogP) is 6.28. The van der Waals surface area contributed by atoms with E-state index in [2.05, 4.69) is 20.1 Å². The Kier molecular flexibility index (Phi) is 13.0. The van der Waals surface area contributed by atoms with E-state index >= 15 is 0 Å². The molecule has 20 heteroatoms. The van der Waals surface area contributed by atoms with Crippen LogP contribution in [0.2, 0.25) is 0 Å². The number of hydrogen-bond acceptors (Lipinski definition) is 10. The van der Waals surface area contributed by atoms with Crippen LogP contribution in [0.1, 0.15) is 81.0 Å². The molecule has 4 aromatic rings. The summed E-state index contributed by atoms with van der Waals surface area (Å²) in [6.45, 7) is 15.5. The average Bonchev–Trinajstić information content (AvgIpc) is 3.73. The molecule has 0 aliphatic carbocycles. The molecular formula is C41H50F3N7O8S2. The molecule has 0 saturated carbocycles. The molecule has 0 bridgehead atoms. The van der Waals surface area contributed by atoms with Crippen molar-refractivity contribution < 1.29 is 49.1 Å². The molecule has 5 N–H and O–H groups in total. The van der Waals surface area contributed by atoms with E-state index in [4.69, 9.17) is 15.2 Å². The molecule has 61 heavy (non-hydrogen) atoms. The second-order valence-electron chi connectivity index (χ2n) is 16.4. The predicted molar refractivity (Wildman–Crippen MR) is 222 cm³/mol. The smallest absolute Gasteiger partial charge is 0.435 e. The Balaban J connectivity index is 1.30. The number of rotatable bonds is 12. The number of aryl methyl sites for hydroxylation is 1. The highest BCUT2D eigenvalue weighted by atomic mass is 32.2. The Labute approximate surface area is 353 Å². The molecule has 5 rings (SSSR count). The number of alkyl carbamates (subject to hydrolysis) is 1. The van der Waals surface area contributed by atoms with Crippen molar-refractivity contribution in [2.75, 3.05) is 6.54 Å². The first-order valence-electron chi connectivity index (χ1n) is 19.1. The van der Waals surface area contributed by atoms with E-state index in [1.165, 1.54) is 12.1 Å². The van der Waals surface area contributed by atoms with E-state index in [-0.39, 0.29) is 35.7 Å². The van der Waals surface area contributed by atoms with Crippen molar-refractivity contribution in [2.24, 2.45) is 10.7 Å². The topological polar surface area (TPSA) is 213 Å². The zero-order valence-electron chi connectivity index (χ0n) is 35.2. The number of nitrogens with zero attached hydrogens (tertiary/aromatic N) is 3. The fourth-order valence-electron chi connectivity index (χ4n) is 6.76. The van der Waals surface area contributed by atoms with E-state index in [0.717, 1.165) is 34.0 Å². The Hall–Kier alpha value is -5.63. The third kappa shape index (κ3) is 11.0. The first-order valence-corrected chi connectivity index (χ1v) is 22.1. The minimum Gasteiger partial charge on any atom is -0.487 e. The monoisotopic (exact) mass is 889 g/mol. The van der Waals surface area contributed by atoms with Crippen molar-refractivity contribution in [3.8, 4) is 22.7 Å². The Morgan fingerprint density at radius 3 is 2.15 bits per heavy atom. The average molecular weight is 890 g/mol. The SMILES string of the molecule is Cc1ccc(-c2cc(C(F)(F)F)nn2-c2ccc(S(=O)(=O)NC(=O)C(CCCN=C(N)NS(=O)(=O)c3c(C)c(C)c4c(c3C)CC(C)(C)O4)NC(=O)OC(C)(C)C)cc2)cc1. The van der Waals surface area contributed by atoms with Crippen molar-refractivity contribution in [1.29, 1.82) is 0 Å². The van der Waals surface area contributed by atoms with Gasteiger partial charge >= 0.3 is 12.3 Å². The van der Waals surface area contributed by atoms with Crippen molar-refractivity contribution in [2.45, 2.75) is 115 Å². The lowest BCUT2D eigenvalue weighted by molar-refractivity contribution is -0.141. The van der Waals surface area contributed by atoms with Gasteiger partial charge in [-0.3, -0.25) is 9.79 Å². The van der Waals surface area contributed by atoms with Crippen LogP contribution in [0.5, 0.6) is 5.75 Å². The van der Waals surface area contributed by atoms with Crippen molar-refractivity contribution in [3.05, 3.63) is 88.1 Å². The van der Waals surface area contributed by atoms with Gasteiger partial charge in [-0.05, 0) is 122 Å². The van der Waals surface area contributed by atoms with Crippen LogP contribution < -0.4 is 25.2 Å². The number of sulfonamides is 2. The minimum atomic E-state index is -4.76. The van der Waals surface area contributed by atoms with Gasteiger partial charge in [0, 0.05) is 24.1 Å². The summed E-state index contributed by atoms with van der Waals surface area (Å²) in [6, 6.07) is 10.8. The number of aliphatic imine (C=N–C) groups is 1. The van der Waals surface area contributed by atoms with Crippen LogP contribution in [-0.2, 0) is 42.2 Å². The summed E-state index contributed by atoms with van der Waals surface area (Å²) < 4.78 is 112. The van der Waals surface area contributed by atoms with Crippen molar-refractivity contribution >= 4 is 38.0 Å². The van der Waals surface area contributed by atoms with Gasteiger partial charge in [0.05, 0.1) is 21.2 Å². The first-order chi connectivity index (χ1) is 28.1. The van der Waals surface area contributed by atoms with E-state index < -0.39 is 72.0 Å². The normalized spacial score (nSPS) is 14.8. The third-order valence-electron chi connectivity index (χ3n) is 9.71. The van der Waals surface area contributed by atoms with E-state index in [1.807, 2.05) is 25.5 Å². The molecule has 0 radical (unpaired) electrons. The van der Waals surface area contributed by atoms with Crippen LogP contribution >= 0.6 is 0 Å². The van der Waals surface area contributed by atoms with Gasteiger partial charge in [0.2, 0.25) is 5.96 Å². The lowest BCUT2D eigenvalue weighted by Gasteiger charge is -2.23. The summed E-state index contributed by atoms with van der Waals surface area (Å²) >= 11 is 0. The molecule has 1 unspecified atom stereocenters. The molecule has 0 fully saturated rings. The molecule has 330 valence electrons. The lowest BCUT2D eigenvalue weighted by atomic mass is 9.94. The molecule has 3 aromatic carbocycles. The number of ether oxygens (including phenoxy) is 2. The summed E-state index contributed by atoms with van der Waals surface area (Å²) in [5.74, 6) is -0.911. The fourth-order valence-corrected chi connectivity index (χ4v) is 9.30. The lowest BCUT2D eigenvalue weighted by Crippen LogP contribution is -2.49. The standard InChI is InChI=1S/C41H50F3N7O8S2/c1-23-12-14-27(15-13-23)32-21-33(41(42,43)44)48-51(32)28-16-18-29(19-17-28)60(54,55)49-36(52)31(47-38(53)59-39(5,6)7)11-10-20-46-37(45)50-61(56,57)35-25(3)24(2)34-30(26(35)4)22-40(8,9)58-34/h12-19,21,31H,10-11,20,22H2,1-9H3,(H,47,53)(H,49,52)(H3,45,46,50). The van der Waals surface area contributed by atoms with Crippen molar-refractivity contribution in [3.63, 3.8) is 0 Å². The maximum absolute atomic E-state index is 13.7. The van der Waals surface area contributed by atoms with E-state index in [9.17, 15) is 39.6 Å². The highest BCUT2D eigenvalue weighted by Crippen LogP contribution is 2.43. The second-order valence-corrected chi connectivity index (χ2v) is 19.7. The van der Waals surface area contributed by atoms with Gasteiger partial charge in [0.25, 0.3) is 26.0 Å². The van der Waals surface area contributed by atoms with E-state index in [0.29, 0.717) is 34.4 Å². The maximum atomic E-state index is 13.7. The molecule has 1 aliphatic heterocycles. The Morgan fingerprint density at radius 2 is 1.56 bits per heavy atom. The van der Waals surface area contributed by atoms with Gasteiger partial charge in [0.15, 0.2) is 5.69 Å². The van der Waals surface area contributed by atoms with Crippen molar-refractivity contribution in [1.82, 2.24) is 24.5 Å². The van der Waals surface area contributed by atoms with Gasteiger partial charge < -0.3 is 20.5 Å². The molecule has 1 aliphatic rings. The van der Waals surface area contributed by atoms with E-state index in [1.54, 1.807) is 65.8 Å². The Morgan fingerprint density at radius 1 is 0.934 bits per heavy atom. The number of fused-ring (bicyclic) bond motifs is 1. The third-order valence-corrected chi connectivity index (χ3v) is 12.7. The van der Waals surface area contributed by atoms with Gasteiger partial charge in [-0.2, -0.15) is 18.3 Å². The van der Waals surface area contributed by atoms with Crippen LogP contribution in [0, 0.1) is 27.7 Å². The highest BCUT2D eigenvalue weighted by molar-refractivity contribution is 7.90. The largest absolute Gasteiger partial charge is 0.487 e. The summed E-state index contributed by atoms with van der Waals surface area (Å²) in [5.41, 5.74) is 7.41. The number of nitrogens with two attached hydrogens (primary N) is 1. The fraction of sp³-hybridized carbons (Fsp3) is 0.415. The number of hydrogen-bond donors (Lipinski definition) is 4. The molecule has 15 nitrogen and oxygen atoms in total. The Bertz CT molecular complexity index is 2580. The van der Waals surface area contributed by atoms with Crippen LogP contribution in [-0.4, -0.2) is 68.4 Å². The number of alkyl halides is 3. The summed E-state index contributed by atoms with van der Waals surface area (Å²) in [4.78, 5) is 30.0. The van der Waals surface area contributed by atoms with Crippen LogP contribution in [0.4, 0.5) is 18.0 Å². The first kappa shape index (κ1) is 46.4. The molecule has 1 atom stereocenters. The molecule has 1 aromatic heterocycles. The molecule has 2 amide bonds. The number of amides is 2. The summed E-state index contributed by atoms with van der Waals surface area (Å²) in [6.07, 6.45) is -5.44. The van der Waals surface area contributed by atoms with Gasteiger partial charge in [-0.1, -0.05) is 29.8 Å². The van der Waals surface area contributed by atoms with Crippen LogP contribution in [0.25, 0.3) is 16.9 Å². The molecular weight excluding hydrogens is 840 g/mol. The highest BCUT2D eigenvalue weighted by Gasteiger charge is 2.38. The zero-order valence-corrected chi connectivity index (χ0v) is 36.9. The van der Waals surface area contributed by atoms with Crippen LogP contribution in [0.15, 0.2) is 69.4 Å². The molecule has 2 heterocycles. The number of carbonyl (C=O) groups is 2. The summed E-state index contributed by atoms with van der Waals surface area (Å²) in [7, 11) is -8.81. The minimum absolute atomic E-state index is 0.0145. The second kappa shape index (κ2) is 17.0. The van der Waals surface area contributed by atoms with Gasteiger partial charge in [-0.15, -0.1) is 0 Å². The quantitative estimate of drug-likeness (QED) is 0.0710. The number of aromatic nitrogens is 2. The number of benzene rings is 3. The molecule has 0 spiro atoms. The molecule has 0 saturated heterocycles. The number of guanidine groups is 1. The number of nitrogens with one attached hydrogen (secondary N) is 3. The van der Waals surface area contributed by atoms with Crippen LogP contribution in [0.3, 0.4) is 0 Å². The maximum Gasteiger partial charge on any atom is 0.435 e. The number of carbonyl (C=O) groups excluding carboxylic acids is 2. The summed E-state index contributed by atoms with van der Waals surface area (Å²) in [5, 5.41) is 6.10. The van der Waals surface area contributed by atoms with Gasteiger partial charge in [0.1, 0.15) is 23.0 Å². The van der Waals surface area contributed by atoms with Gasteiger partial charge in [-0.25, -0.2) is 35.8 Å². The zero-order chi connectivity index (χ0) is 45.5. The number of halogens is 3.